The van der Waals surface area contributed by atoms with E-state index in [1.165, 1.54) is 5.06 Å². The fourth-order valence-corrected chi connectivity index (χ4v) is 3.62. The van der Waals surface area contributed by atoms with Crippen LogP contribution in [0.15, 0.2) is 54.6 Å². The van der Waals surface area contributed by atoms with Gasteiger partial charge in [-0.3, -0.25) is 4.84 Å². The number of ether oxygens (including phenoxy) is 2. The number of hydrogen-bond donors (Lipinski definition) is 0. The van der Waals surface area contributed by atoms with E-state index in [1.807, 2.05) is 90.1 Å². The van der Waals surface area contributed by atoms with E-state index in [-0.39, 0.29) is 18.1 Å². The molecule has 0 N–H and O–H groups in total. The number of hydrogen-bond acceptors (Lipinski definition) is 5. The normalized spacial score (nSPS) is 19.0. The minimum absolute atomic E-state index is 0.276. The zero-order valence-electron chi connectivity index (χ0n) is 19.8. The molecule has 3 rings (SSSR count). The van der Waals surface area contributed by atoms with E-state index in [1.54, 1.807) is 6.07 Å². The van der Waals surface area contributed by atoms with E-state index in [0.29, 0.717) is 18.4 Å². The number of rotatable bonds is 4. The van der Waals surface area contributed by atoms with Crippen LogP contribution < -0.4 is 0 Å². The average molecular weight is 440 g/mol. The fraction of sp³-hybridized carbons (Fsp3) is 0.462. The molecule has 0 aliphatic carbocycles. The molecule has 0 bridgehead atoms. The van der Waals surface area contributed by atoms with Crippen LogP contribution in [0.3, 0.4) is 0 Å². The van der Waals surface area contributed by atoms with Gasteiger partial charge in [-0.2, -0.15) is 5.06 Å². The number of hydroxylamine groups is 2. The lowest BCUT2D eigenvalue weighted by atomic mass is 9.95. The molecule has 6 nitrogen and oxygen atoms in total. The Balaban J connectivity index is 1.87. The molecule has 2 atom stereocenters. The summed E-state index contributed by atoms with van der Waals surface area (Å²) in [6.45, 7) is 11.0. The SMILES string of the molecule is CC(C)(C)OC(=O)c1ccccc1C[C@H]1C[C@@H](c2ccccc2)ON1C(=O)OC(C)(C)C. The molecule has 1 heterocycles. The second-order valence-corrected chi connectivity index (χ2v) is 10.1. The minimum atomic E-state index is -0.649. The summed E-state index contributed by atoms with van der Waals surface area (Å²) in [5.74, 6) is -0.379. The maximum Gasteiger partial charge on any atom is 0.434 e. The van der Waals surface area contributed by atoms with Gasteiger partial charge in [0.05, 0.1) is 11.6 Å². The number of amides is 1. The van der Waals surface area contributed by atoms with E-state index in [9.17, 15) is 9.59 Å². The molecule has 6 heteroatoms. The smallest absolute Gasteiger partial charge is 0.434 e. The Morgan fingerprint density at radius 2 is 1.50 bits per heavy atom. The Kier molecular flexibility index (Phi) is 6.94. The summed E-state index contributed by atoms with van der Waals surface area (Å²) in [6, 6.07) is 16.8. The molecule has 1 fully saturated rings. The third-order valence-corrected chi connectivity index (χ3v) is 4.90. The second-order valence-electron chi connectivity index (χ2n) is 10.1. The molecule has 2 aromatic rings. The summed E-state index contributed by atoms with van der Waals surface area (Å²) >= 11 is 0. The Morgan fingerprint density at radius 1 is 0.906 bits per heavy atom. The molecule has 172 valence electrons. The molecule has 1 amide bonds. The zero-order valence-corrected chi connectivity index (χ0v) is 19.8. The van der Waals surface area contributed by atoms with Crippen LogP contribution in [0.1, 0.15) is 75.6 Å². The summed E-state index contributed by atoms with van der Waals surface area (Å²) < 4.78 is 11.2. The van der Waals surface area contributed by atoms with Crippen LogP contribution in [0.2, 0.25) is 0 Å². The molecule has 1 saturated heterocycles. The van der Waals surface area contributed by atoms with Gasteiger partial charge in [-0.25, -0.2) is 9.59 Å². The topological polar surface area (TPSA) is 65.1 Å². The van der Waals surface area contributed by atoms with Crippen LogP contribution in [0.4, 0.5) is 4.79 Å². The van der Waals surface area contributed by atoms with Crippen LogP contribution in [-0.2, 0) is 20.7 Å². The lowest BCUT2D eigenvalue weighted by molar-refractivity contribution is -0.151. The van der Waals surface area contributed by atoms with Crippen LogP contribution in [0.25, 0.3) is 0 Å². The Labute approximate surface area is 190 Å². The van der Waals surface area contributed by atoms with Gasteiger partial charge in [0.2, 0.25) is 0 Å². The van der Waals surface area contributed by atoms with Crippen molar-refractivity contribution in [3.05, 3.63) is 71.3 Å². The van der Waals surface area contributed by atoms with Gasteiger partial charge >= 0.3 is 12.1 Å². The van der Waals surface area contributed by atoms with Crippen LogP contribution >= 0.6 is 0 Å². The number of benzene rings is 2. The van der Waals surface area contributed by atoms with Crippen molar-refractivity contribution in [1.29, 1.82) is 0 Å². The summed E-state index contributed by atoms with van der Waals surface area (Å²) in [5, 5.41) is 1.33. The van der Waals surface area contributed by atoms with Gasteiger partial charge in [0.25, 0.3) is 0 Å². The maximum atomic E-state index is 12.9. The molecule has 0 radical (unpaired) electrons. The lowest BCUT2D eigenvalue weighted by Crippen LogP contribution is -2.40. The van der Waals surface area contributed by atoms with Gasteiger partial charge in [-0.05, 0) is 65.2 Å². The number of esters is 1. The first-order valence-corrected chi connectivity index (χ1v) is 11.0. The monoisotopic (exact) mass is 439 g/mol. The third kappa shape index (κ3) is 6.33. The van der Waals surface area contributed by atoms with Crippen molar-refractivity contribution in [1.82, 2.24) is 5.06 Å². The standard InChI is InChI=1S/C26H33NO5/c1-25(2,3)30-23(28)21-15-11-10-14-19(21)16-20-17-22(18-12-8-7-9-13-18)32-27(20)24(29)31-26(4,5)6/h7-15,20,22H,16-17H2,1-6H3/t20-,22-/m0/s1. The van der Waals surface area contributed by atoms with E-state index >= 15 is 0 Å². The van der Waals surface area contributed by atoms with E-state index in [4.69, 9.17) is 14.3 Å². The van der Waals surface area contributed by atoms with Crippen molar-refractivity contribution in [2.45, 2.75) is 77.7 Å². The predicted octanol–water partition coefficient (Wildman–Crippen LogP) is 5.87. The van der Waals surface area contributed by atoms with Crippen molar-refractivity contribution in [3.63, 3.8) is 0 Å². The van der Waals surface area contributed by atoms with Crippen LogP contribution in [-0.4, -0.2) is 34.4 Å². The van der Waals surface area contributed by atoms with Crippen molar-refractivity contribution >= 4 is 12.1 Å². The largest absolute Gasteiger partial charge is 0.456 e. The number of carbonyl (C=O) groups is 2. The maximum absolute atomic E-state index is 12.9. The molecule has 0 saturated carbocycles. The first-order valence-electron chi connectivity index (χ1n) is 11.0. The van der Waals surface area contributed by atoms with Gasteiger partial charge in [0.15, 0.2) is 0 Å². The second kappa shape index (κ2) is 9.33. The average Bonchev–Trinajstić information content (AvgIpc) is 3.10. The number of carbonyl (C=O) groups excluding carboxylic acids is 2. The van der Waals surface area contributed by atoms with Gasteiger partial charge in [0.1, 0.15) is 17.3 Å². The summed E-state index contributed by atoms with van der Waals surface area (Å²) in [7, 11) is 0. The molecule has 0 unspecified atom stereocenters. The molecule has 32 heavy (non-hydrogen) atoms. The lowest BCUT2D eigenvalue weighted by Gasteiger charge is -2.27. The van der Waals surface area contributed by atoms with Crippen molar-refractivity contribution in [2.75, 3.05) is 0 Å². The third-order valence-electron chi connectivity index (χ3n) is 4.90. The minimum Gasteiger partial charge on any atom is -0.456 e. The molecule has 2 aromatic carbocycles. The predicted molar refractivity (Wildman–Crippen MR) is 122 cm³/mol. The summed E-state index contributed by atoms with van der Waals surface area (Å²) in [4.78, 5) is 31.8. The van der Waals surface area contributed by atoms with Gasteiger partial charge in [0, 0.05) is 6.42 Å². The fourth-order valence-electron chi connectivity index (χ4n) is 3.62. The Morgan fingerprint density at radius 3 is 2.12 bits per heavy atom. The summed E-state index contributed by atoms with van der Waals surface area (Å²) in [6.07, 6.45) is 0.224. The van der Waals surface area contributed by atoms with Gasteiger partial charge in [-0.15, -0.1) is 0 Å². The van der Waals surface area contributed by atoms with E-state index in [0.717, 1.165) is 11.1 Å². The van der Waals surface area contributed by atoms with Crippen LogP contribution in [0, 0.1) is 0 Å². The quantitative estimate of drug-likeness (QED) is 0.558. The highest BCUT2D eigenvalue weighted by molar-refractivity contribution is 5.91. The van der Waals surface area contributed by atoms with Gasteiger partial charge in [-0.1, -0.05) is 48.5 Å². The summed E-state index contributed by atoms with van der Waals surface area (Å²) in [5.41, 5.74) is 1.04. The van der Waals surface area contributed by atoms with Crippen LogP contribution in [0.5, 0.6) is 0 Å². The molecule has 1 aliphatic heterocycles. The van der Waals surface area contributed by atoms with E-state index < -0.39 is 17.3 Å². The van der Waals surface area contributed by atoms with Gasteiger partial charge < -0.3 is 9.47 Å². The molecule has 1 aliphatic rings. The molecule has 0 spiro atoms. The first-order chi connectivity index (χ1) is 14.9. The van der Waals surface area contributed by atoms with Crippen molar-refractivity contribution in [2.24, 2.45) is 0 Å². The molecular weight excluding hydrogens is 406 g/mol. The number of nitrogens with zero attached hydrogens (tertiary/aromatic N) is 1. The Hall–Kier alpha value is -2.86. The zero-order chi connectivity index (χ0) is 23.5. The Bertz CT molecular complexity index is 943. The molecule has 0 aromatic heterocycles. The first kappa shape index (κ1) is 23.8. The highest BCUT2D eigenvalue weighted by atomic mass is 16.7. The van der Waals surface area contributed by atoms with Crippen molar-refractivity contribution in [3.8, 4) is 0 Å². The van der Waals surface area contributed by atoms with E-state index in [2.05, 4.69) is 0 Å². The highest BCUT2D eigenvalue weighted by Gasteiger charge is 2.40. The molecular formula is C26H33NO5. The van der Waals surface area contributed by atoms with Crippen molar-refractivity contribution < 1.29 is 23.9 Å². The highest BCUT2D eigenvalue weighted by Crippen LogP contribution is 2.36.